The van der Waals surface area contributed by atoms with Crippen LogP contribution in [-0.4, -0.2) is 9.66 Å². The van der Waals surface area contributed by atoms with Crippen LogP contribution in [-0.2, 0) is 6.54 Å². The van der Waals surface area contributed by atoms with Gasteiger partial charge in [0.05, 0.1) is 11.9 Å². The van der Waals surface area contributed by atoms with E-state index in [1.807, 2.05) is 17.5 Å². The molecule has 0 aliphatic heterocycles. The topological polar surface area (TPSA) is 46.9 Å². The predicted octanol–water partition coefficient (Wildman–Crippen LogP) is 4.66. The molecule has 0 bridgehead atoms. The van der Waals surface area contributed by atoms with Gasteiger partial charge in [-0.1, -0.05) is 23.7 Å². The molecule has 130 valence electrons. The van der Waals surface area contributed by atoms with Gasteiger partial charge in [0.1, 0.15) is 10.6 Å². The molecule has 7 heteroatoms. The van der Waals surface area contributed by atoms with Crippen molar-refractivity contribution < 1.29 is 4.39 Å². The van der Waals surface area contributed by atoms with E-state index in [0.717, 1.165) is 5.56 Å². The van der Waals surface area contributed by atoms with Crippen LogP contribution in [0.2, 0.25) is 5.02 Å². The van der Waals surface area contributed by atoms with Gasteiger partial charge in [-0.25, -0.2) is 14.1 Å². The van der Waals surface area contributed by atoms with E-state index in [-0.39, 0.29) is 11.4 Å². The minimum atomic E-state index is -0.339. The number of hydrogen-bond donors (Lipinski definition) is 1. The van der Waals surface area contributed by atoms with Crippen LogP contribution in [0.15, 0.2) is 64.8 Å². The molecular formula is C19H13ClFN3OS. The monoisotopic (exact) mass is 385 g/mol. The summed E-state index contributed by atoms with van der Waals surface area (Å²) in [5.41, 5.74) is 4.56. The molecule has 2 aromatic carbocycles. The van der Waals surface area contributed by atoms with Gasteiger partial charge < -0.3 is 5.43 Å². The summed E-state index contributed by atoms with van der Waals surface area (Å²) < 4.78 is 14.7. The van der Waals surface area contributed by atoms with Gasteiger partial charge in [-0.3, -0.25) is 4.79 Å². The predicted molar refractivity (Wildman–Crippen MR) is 104 cm³/mol. The molecule has 2 aromatic heterocycles. The number of nitrogens with zero attached hydrogens (tertiary/aromatic N) is 2. The summed E-state index contributed by atoms with van der Waals surface area (Å²) in [6, 6.07) is 15.0. The highest BCUT2D eigenvalue weighted by Crippen LogP contribution is 2.22. The summed E-state index contributed by atoms with van der Waals surface area (Å²) >= 11 is 7.31. The second-order valence-electron chi connectivity index (χ2n) is 5.68. The maximum Gasteiger partial charge on any atom is 0.281 e. The number of nitrogens with one attached hydrogen (secondary N) is 1. The van der Waals surface area contributed by atoms with E-state index in [1.165, 1.54) is 28.1 Å². The molecule has 0 aliphatic carbocycles. The Morgan fingerprint density at radius 2 is 1.81 bits per heavy atom. The van der Waals surface area contributed by atoms with Gasteiger partial charge in [0.15, 0.2) is 5.82 Å². The standard InChI is InChI=1S/C19H13ClFN3OS/c20-14-5-1-12(2-6-14)11-22-24-17(13-3-7-15(21)8-4-13)23-18-16(19(24)25)9-10-26-18/h1-10,22H,11H2. The zero-order valence-electron chi connectivity index (χ0n) is 13.4. The van der Waals surface area contributed by atoms with E-state index in [2.05, 4.69) is 10.4 Å². The molecule has 2 heterocycles. The Bertz CT molecular complexity index is 1120. The molecule has 0 fully saturated rings. The highest BCUT2D eigenvalue weighted by molar-refractivity contribution is 7.16. The zero-order valence-corrected chi connectivity index (χ0v) is 15.0. The van der Waals surface area contributed by atoms with Crippen molar-refractivity contribution in [3.63, 3.8) is 0 Å². The van der Waals surface area contributed by atoms with Crippen LogP contribution in [0.4, 0.5) is 4.39 Å². The third-order valence-electron chi connectivity index (χ3n) is 3.95. The third-order valence-corrected chi connectivity index (χ3v) is 5.01. The Hall–Kier alpha value is -2.70. The average Bonchev–Trinajstić information content (AvgIpc) is 3.12. The molecule has 0 saturated heterocycles. The Balaban J connectivity index is 1.79. The fourth-order valence-electron chi connectivity index (χ4n) is 2.63. The molecule has 4 nitrogen and oxygen atoms in total. The van der Waals surface area contributed by atoms with E-state index < -0.39 is 0 Å². The van der Waals surface area contributed by atoms with E-state index in [9.17, 15) is 9.18 Å². The molecule has 26 heavy (non-hydrogen) atoms. The molecule has 4 aromatic rings. The minimum absolute atomic E-state index is 0.190. The maximum atomic E-state index is 13.3. The summed E-state index contributed by atoms with van der Waals surface area (Å²) in [7, 11) is 0. The number of fused-ring (bicyclic) bond motifs is 1. The van der Waals surface area contributed by atoms with Gasteiger partial charge in [0, 0.05) is 10.6 Å². The van der Waals surface area contributed by atoms with Crippen molar-refractivity contribution in [3.05, 3.63) is 86.7 Å². The summed E-state index contributed by atoms with van der Waals surface area (Å²) in [6.45, 7) is 0.419. The number of hydrogen-bond acceptors (Lipinski definition) is 4. The number of halogens is 2. The Morgan fingerprint density at radius 3 is 2.54 bits per heavy atom. The quantitative estimate of drug-likeness (QED) is 0.555. The van der Waals surface area contributed by atoms with Crippen LogP contribution in [0.25, 0.3) is 21.6 Å². The first-order valence-electron chi connectivity index (χ1n) is 7.86. The van der Waals surface area contributed by atoms with E-state index in [1.54, 1.807) is 30.3 Å². The summed E-state index contributed by atoms with van der Waals surface area (Å²) in [6.07, 6.45) is 0. The van der Waals surface area contributed by atoms with Crippen molar-refractivity contribution in [2.45, 2.75) is 6.54 Å². The molecular weight excluding hydrogens is 373 g/mol. The molecule has 0 saturated carbocycles. The van der Waals surface area contributed by atoms with E-state index in [0.29, 0.717) is 33.2 Å². The van der Waals surface area contributed by atoms with Gasteiger partial charge >= 0.3 is 0 Å². The average molecular weight is 386 g/mol. The first-order chi connectivity index (χ1) is 12.6. The molecule has 0 amide bonds. The fourth-order valence-corrected chi connectivity index (χ4v) is 3.51. The van der Waals surface area contributed by atoms with Crippen molar-refractivity contribution in [2.24, 2.45) is 0 Å². The Morgan fingerprint density at radius 1 is 1.08 bits per heavy atom. The summed E-state index contributed by atoms with van der Waals surface area (Å²) in [5, 5.41) is 3.03. The minimum Gasteiger partial charge on any atom is -0.317 e. The number of thiophene rings is 1. The van der Waals surface area contributed by atoms with Crippen molar-refractivity contribution in [2.75, 3.05) is 5.43 Å². The lowest BCUT2D eigenvalue weighted by molar-refractivity contribution is 0.628. The van der Waals surface area contributed by atoms with Crippen LogP contribution in [0.1, 0.15) is 5.56 Å². The molecule has 0 unspecified atom stereocenters. The maximum absolute atomic E-state index is 13.3. The lowest BCUT2D eigenvalue weighted by Gasteiger charge is -2.15. The van der Waals surface area contributed by atoms with E-state index in [4.69, 9.17) is 11.6 Å². The molecule has 0 aliphatic rings. The lowest BCUT2D eigenvalue weighted by atomic mass is 10.2. The van der Waals surface area contributed by atoms with Crippen LogP contribution < -0.4 is 11.0 Å². The molecule has 4 rings (SSSR count). The van der Waals surface area contributed by atoms with Crippen molar-refractivity contribution in [1.82, 2.24) is 9.66 Å². The van der Waals surface area contributed by atoms with Crippen LogP contribution >= 0.6 is 22.9 Å². The lowest BCUT2D eigenvalue weighted by Crippen LogP contribution is -2.31. The van der Waals surface area contributed by atoms with Crippen molar-refractivity contribution in [3.8, 4) is 11.4 Å². The normalized spacial score (nSPS) is 11.0. The number of aromatic nitrogens is 2. The molecule has 1 N–H and O–H groups in total. The van der Waals surface area contributed by atoms with Gasteiger partial charge in [-0.2, -0.15) is 0 Å². The molecule has 0 spiro atoms. The highest BCUT2D eigenvalue weighted by Gasteiger charge is 2.14. The summed E-state index contributed by atoms with van der Waals surface area (Å²) in [4.78, 5) is 18.1. The Kier molecular flexibility index (Phi) is 4.44. The van der Waals surface area contributed by atoms with Crippen LogP contribution in [0, 0.1) is 5.82 Å². The smallest absolute Gasteiger partial charge is 0.281 e. The third kappa shape index (κ3) is 3.21. The SMILES string of the molecule is O=c1c2ccsc2nc(-c2ccc(F)cc2)n1NCc1ccc(Cl)cc1. The first kappa shape index (κ1) is 16.8. The first-order valence-corrected chi connectivity index (χ1v) is 9.12. The largest absolute Gasteiger partial charge is 0.317 e. The van der Waals surface area contributed by atoms with Gasteiger partial charge in [-0.05, 0) is 53.4 Å². The van der Waals surface area contributed by atoms with Crippen molar-refractivity contribution >= 4 is 33.2 Å². The second-order valence-corrected chi connectivity index (χ2v) is 7.01. The summed E-state index contributed by atoms with van der Waals surface area (Å²) in [5.74, 6) is 0.105. The van der Waals surface area contributed by atoms with Crippen LogP contribution in [0.5, 0.6) is 0 Å². The van der Waals surface area contributed by atoms with Gasteiger partial charge in [-0.15, -0.1) is 11.3 Å². The molecule has 0 atom stereocenters. The van der Waals surface area contributed by atoms with Gasteiger partial charge in [0.25, 0.3) is 5.56 Å². The number of rotatable bonds is 4. The second kappa shape index (κ2) is 6.90. The van der Waals surface area contributed by atoms with Gasteiger partial charge in [0.2, 0.25) is 0 Å². The Labute approximate surface area is 157 Å². The van der Waals surface area contributed by atoms with Crippen molar-refractivity contribution in [1.29, 1.82) is 0 Å². The fraction of sp³-hybridized carbons (Fsp3) is 0.0526. The van der Waals surface area contributed by atoms with E-state index >= 15 is 0 Å². The van der Waals surface area contributed by atoms with Crippen LogP contribution in [0.3, 0.4) is 0 Å². The highest BCUT2D eigenvalue weighted by atomic mass is 35.5. The molecule has 0 radical (unpaired) electrons. The number of benzene rings is 2. The zero-order chi connectivity index (χ0) is 18.1.